The Bertz CT molecular complexity index is 1090. The van der Waals surface area contributed by atoms with Crippen molar-refractivity contribution in [2.24, 2.45) is 23.5 Å². The van der Waals surface area contributed by atoms with Gasteiger partial charge in [0.05, 0.1) is 0 Å². The molecular formula is C30H40FN3O3. The van der Waals surface area contributed by atoms with Gasteiger partial charge in [0.1, 0.15) is 11.9 Å². The fraction of sp³-hybridized carbons (Fsp3) is 0.500. The summed E-state index contributed by atoms with van der Waals surface area (Å²) in [5, 5.41) is 2.99. The zero-order valence-corrected chi connectivity index (χ0v) is 22.2. The van der Waals surface area contributed by atoms with Crippen molar-refractivity contribution in [3.63, 3.8) is 0 Å². The predicted octanol–water partition coefficient (Wildman–Crippen LogP) is 5.05. The summed E-state index contributed by atoms with van der Waals surface area (Å²) in [5.41, 5.74) is 8.28. The molecule has 2 aromatic rings. The van der Waals surface area contributed by atoms with Gasteiger partial charge in [-0.15, -0.1) is 0 Å². The molecule has 200 valence electrons. The van der Waals surface area contributed by atoms with E-state index in [1.165, 1.54) is 12.1 Å². The van der Waals surface area contributed by atoms with Crippen LogP contribution in [-0.4, -0.2) is 35.2 Å². The summed E-state index contributed by atoms with van der Waals surface area (Å²) in [4.78, 5) is 40.9. The Hall–Kier alpha value is -3.22. The molecule has 3 rings (SSSR count). The smallest absolute Gasteiger partial charge is 0.245 e. The van der Waals surface area contributed by atoms with E-state index in [0.29, 0.717) is 32.4 Å². The normalized spacial score (nSPS) is 17.8. The number of carbonyl (C=O) groups excluding carboxylic acids is 3. The minimum Gasteiger partial charge on any atom is -0.369 e. The molecule has 0 saturated carbocycles. The lowest BCUT2D eigenvalue weighted by Gasteiger charge is -2.29. The van der Waals surface area contributed by atoms with Gasteiger partial charge in [0.25, 0.3) is 0 Å². The average molecular weight is 510 g/mol. The van der Waals surface area contributed by atoms with Crippen LogP contribution >= 0.6 is 0 Å². The number of hydrogen-bond acceptors (Lipinski definition) is 3. The summed E-state index contributed by atoms with van der Waals surface area (Å²) in [6, 6.07) is 13.6. The van der Waals surface area contributed by atoms with Crippen LogP contribution in [0.3, 0.4) is 0 Å². The van der Waals surface area contributed by atoms with Crippen LogP contribution in [0.2, 0.25) is 0 Å². The van der Waals surface area contributed by atoms with Gasteiger partial charge in [-0.05, 0) is 72.9 Å². The van der Waals surface area contributed by atoms with Gasteiger partial charge in [-0.25, -0.2) is 4.39 Å². The first-order valence-corrected chi connectivity index (χ1v) is 13.4. The third-order valence-corrected chi connectivity index (χ3v) is 7.07. The van der Waals surface area contributed by atoms with Gasteiger partial charge >= 0.3 is 0 Å². The SMILES string of the molecule is CCC[C@H](C(N)=O)[C@H](CC(C)C)C(=O)N[C@H]1CCCCN(Cc2cccc(-c3cccc(F)c3)c2)C1=O. The van der Waals surface area contributed by atoms with Crippen molar-refractivity contribution in [3.8, 4) is 11.1 Å². The Labute approximate surface area is 219 Å². The van der Waals surface area contributed by atoms with Crippen molar-refractivity contribution in [1.82, 2.24) is 10.2 Å². The molecule has 0 spiro atoms. The maximum absolute atomic E-state index is 13.7. The number of hydrogen-bond donors (Lipinski definition) is 2. The first-order valence-electron chi connectivity index (χ1n) is 13.4. The van der Waals surface area contributed by atoms with E-state index in [9.17, 15) is 18.8 Å². The zero-order valence-electron chi connectivity index (χ0n) is 22.2. The molecule has 0 aliphatic carbocycles. The third-order valence-electron chi connectivity index (χ3n) is 7.07. The van der Waals surface area contributed by atoms with E-state index >= 15 is 0 Å². The molecular weight excluding hydrogens is 469 g/mol. The summed E-state index contributed by atoms with van der Waals surface area (Å²) in [7, 11) is 0. The molecule has 1 fully saturated rings. The molecule has 0 unspecified atom stereocenters. The molecule has 3 N–H and O–H groups in total. The summed E-state index contributed by atoms with van der Waals surface area (Å²) >= 11 is 0. The molecule has 1 aliphatic rings. The van der Waals surface area contributed by atoms with Crippen molar-refractivity contribution in [1.29, 1.82) is 0 Å². The minimum absolute atomic E-state index is 0.114. The molecule has 1 aliphatic heterocycles. The van der Waals surface area contributed by atoms with Crippen molar-refractivity contribution in [2.45, 2.75) is 71.9 Å². The van der Waals surface area contributed by atoms with Gasteiger partial charge in [0, 0.05) is 24.9 Å². The van der Waals surface area contributed by atoms with Crippen LogP contribution in [0, 0.1) is 23.6 Å². The topological polar surface area (TPSA) is 92.5 Å². The Morgan fingerprint density at radius 3 is 2.43 bits per heavy atom. The van der Waals surface area contributed by atoms with Crippen LogP contribution in [0.5, 0.6) is 0 Å². The Morgan fingerprint density at radius 2 is 1.78 bits per heavy atom. The van der Waals surface area contributed by atoms with Crippen molar-refractivity contribution < 1.29 is 18.8 Å². The van der Waals surface area contributed by atoms with Crippen LogP contribution in [0.25, 0.3) is 11.1 Å². The first kappa shape index (κ1) is 28.4. The molecule has 0 bridgehead atoms. The van der Waals surface area contributed by atoms with E-state index in [1.807, 2.05) is 51.1 Å². The summed E-state index contributed by atoms with van der Waals surface area (Å²) in [6.07, 6.45) is 4.06. The van der Waals surface area contributed by atoms with Crippen LogP contribution in [0.15, 0.2) is 48.5 Å². The second kappa shape index (κ2) is 13.4. The zero-order chi connectivity index (χ0) is 26.9. The molecule has 37 heavy (non-hydrogen) atoms. The van der Waals surface area contributed by atoms with Gasteiger partial charge < -0.3 is 16.0 Å². The quantitative estimate of drug-likeness (QED) is 0.444. The first-order chi connectivity index (χ1) is 17.7. The lowest BCUT2D eigenvalue weighted by molar-refractivity contribution is -0.139. The number of amides is 3. The van der Waals surface area contributed by atoms with E-state index in [0.717, 1.165) is 36.0 Å². The van der Waals surface area contributed by atoms with E-state index in [4.69, 9.17) is 5.73 Å². The van der Waals surface area contributed by atoms with Gasteiger partial charge in [-0.3, -0.25) is 14.4 Å². The average Bonchev–Trinajstić information content (AvgIpc) is 3.02. The predicted molar refractivity (Wildman–Crippen MR) is 144 cm³/mol. The monoisotopic (exact) mass is 509 g/mol. The lowest BCUT2D eigenvalue weighted by Crippen LogP contribution is -2.50. The van der Waals surface area contributed by atoms with E-state index in [-0.39, 0.29) is 23.5 Å². The van der Waals surface area contributed by atoms with Crippen molar-refractivity contribution in [2.75, 3.05) is 6.54 Å². The Kier molecular flexibility index (Phi) is 10.2. The number of benzene rings is 2. The highest BCUT2D eigenvalue weighted by atomic mass is 19.1. The highest BCUT2D eigenvalue weighted by Crippen LogP contribution is 2.27. The lowest BCUT2D eigenvalue weighted by atomic mass is 9.81. The van der Waals surface area contributed by atoms with Crippen LogP contribution in [0.1, 0.15) is 64.9 Å². The molecule has 2 aromatic carbocycles. The number of likely N-dealkylation sites (tertiary alicyclic amines) is 1. The van der Waals surface area contributed by atoms with Gasteiger partial charge in [0.2, 0.25) is 17.7 Å². The summed E-state index contributed by atoms with van der Waals surface area (Å²) in [5.74, 6) is -2.02. The van der Waals surface area contributed by atoms with Crippen LogP contribution in [0.4, 0.5) is 4.39 Å². The molecule has 1 saturated heterocycles. The number of carbonyl (C=O) groups is 3. The van der Waals surface area contributed by atoms with Crippen molar-refractivity contribution >= 4 is 17.7 Å². The maximum atomic E-state index is 13.7. The van der Waals surface area contributed by atoms with E-state index in [2.05, 4.69) is 5.32 Å². The standard InChI is InChI=1S/C30H40FN3O3/c1-4-9-25(28(32)35)26(16-20(2)3)29(36)33-27-14-5-6-15-34(30(27)37)19-21-10-7-11-22(17-21)23-12-8-13-24(31)18-23/h7-8,10-13,17-18,20,25-27H,4-6,9,14-16,19H2,1-3H3,(H2,32,35)(H,33,36)/t25-,26-,27-/m0/s1. The summed E-state index contributed by atoms with van der Waals surface area (Å²) < 4.78 is 13.7. The molecule has 7 heteroatoms. The molecule has 1 heterocycles. The van der Waals surface area contributed by atoms with Gasteiger partial charge in [0.15, 0.2) is 0 Å². The highest BCUT2D eigenvalue weighted by molar-refractivity contribution is 5.91. The second-order valence-corrected chi connectivity index (χ2v) is 10.6. The fourth-order valence-corrected chi connectivity index (χ4v) is 5.23. The second-order valence-electron chi connectivity index (χ2n) is 10.6. The van der Waals surface area contributed by atoms with Gasteiger partial charge in [-0.1, -0.05) is 57.5 Å². The Balaban J connectivity index is 1.75. The molecule has 3 amide bonds. The number of nitrogens with one attached hydrogen (secondary N) is 1. The number of nitrogens with zero attached hydrogens (tertiary/aromatic N) is 1. The highest BCUT2D eigenvalue weighted by Gasteiger charge is 2.35. The molecule has 3 atom stereocenters. The van der Waals surface area contributed by atoms with E-state index < -0.39 is 23.8 Å². The van der Waals surface area contributed by atoms with Crippen molar-refractivity contribution in [3.05, 3.63) is 59.9 Å². The third kappa shape index (κ3) is 7.88. The van der Waals surface area contributed by atoms with Crippen LogP contribution < -0.4 is 11.1 Å². The minimum atomic E-state index is -0.633. The van der Waals surface area contributed by atoms with E-state index in [1.54, 1.807) is 11.0 Å². The number of primary amides is 1. The maximum Gasteiger partial charge on any atom is 0.245 e. The number of rotatable bonds is 11. The number of halogens is 1. The number of nitrogens with two attached hydrogens (primary N) is 1. The summed E-state index contributed by atoms with van der Waals surface area (Å²) in [6.45, 7) is 7.01. The van der Waals surface area contributed by atoms with Gasteiger partial charge in [-0.2, -0.15) is 0 Å². The Morgan fingerprint density at radius 1 is 1.08 bits per heavy atom. The molecule has 0 radical (unpaired) electrons. The molecule has 0 aromatic heterocycles. The van der Waals surface area contributed by atoms with Crippen LogP contribution in [-0.2, 0) is 20.9 Å². The largest absolute Gasteiger partial charge is 0.369 e. The fourth-order valence-electron chi connectivity index (χ4n) is 5.23. The molecule has 6 nitrogen and oxygen atoms in total.